The van der Waals surface area contributed by atoms with Gasteiger partial charge < -0.3 is 10.2 Å². The van der Waals surface area contributed by atoms with Gasteiger partial charge in [0.2, 0.25) is 9.84 Å². The Morgan fingerprint density at radius 3 is 2.54 bits per heavy atom. The molecule has 0 radical (unpaired) electrons. The minimum Gasteiger partial charge on any atom is -0.381 e. The first-order valence-corrected chi connectivity index (χ1v) is 9.31. The van der Waals surface area contributed by atoms with Gasteiger partial charge in [0.25, 0.3) is 0 Å². The highest BCUT2D eigenvalue weighted by Gasteiger charge is 2.37. The van der Waals surface area contributed by atoms with Gasteiger partial charge in [0.15, 0.2) is 0 Å². The summed E-state index contributed by atoms with van der Waals surface area (Å²) in [5.74, 6) is 0. The molecule has 0 aliphatic carbocycles. The van der Waals surface area contributed by atoms with E-state index in [1.165, 1.54) is 6.07 Å². The molecule has 8 heteroatoms. The molecule has 2 aliphatic rings. The van der Waals surface area contributed by atoms with Gasteiger partial charge in [-0.15, -0.1) is 0 Å². The van der Waals surface area contributed by atoms with E-state index >= 15 is 0 Å². The van der Waals surface area contributed by atoms with Crippen LogP contribution in [0.5, 0.6) is 0 Å². The zero-order valence-electron chi connectivity index (χ0n) is 13.2. The van der Waals surface area contributed by atoms with Crippen LogP contribution in [0, 0.1) is 0 Å². The molecule has 0 spiro atoms. The summed E-state index contributed by atoms with van der Waals surface area (Å²) in [5.41, 5.74) is 0.366. The second kappa shape index (κ2) is 6.07. The number of allylic oxidation sites excluding steroid dienone is 1. The molecule has 24 heavy (non-hydrogen) atoms. The van der Waals surface area contributed by atoms with Crippen molar-refractivity contribution < 1.29 is 21.6 Å². The van der Waals surface area contributed by atoms with E-state index in [0.717, 1.165) is 31.3 Å². The lowest BCUT2D eigenvalue weighted by atomic mass is 10.0. The maximum atomic E-state index is 12.7. The summed E-state index contributed by atoms with van der Waals surface area (Å²) < 4.78 is 62.9. The number of piperidine rings is 1. The fourth-order valence-electron chi connectivity index (χ4n) is 3.25. The van der Waals surface area contributed by atoms with Crippen molar-refractivity contribution in [1.82, 2.24) is 4.90 Å². The Kier molecular flexibility index (Phi) is 4.37. The molecule has 4 nitrogen and oxygen atoms in total. The average molecular weight is 360 g/mol. The molecule has 1 fully saturated rings. The molecule has 2 heterocycles. The second-order valence-corrected chi connectivity index (χ2v) is 8.12. The monoisotopic (exact) mass is 360 g/mol. The van der Waals surface area contributed by atoms with Gasteiger partial charge in [0.1, 0.15) is 4.90 Å². The number of alkyl halides is 3. The molecular formula is C16H19F3N2O2S. The number of fused-ring (bicyclic) bond motifs is 1. The highest BCUT2D eigenvalue weighted by molar-refractivity contribution is 7.95. The number of hydrogen-bond acceptors (Lipinski definition) is 4. The molecule has 1 aromatic carbocycles. The maximum absolute atomic E-state index is 12.7. The Morgan fingerprint density at radius 2 is 1.92 bits per heavy atom. The van der Waals surface area contributed by atoms with Crippen molar-refractivity contribution in [1.29, 1.82) is 0 Å². The Labute approximate surface area is 139 Å². The Morgan fingerprint density at radius 1 is 1.25 bits per heavy atom. The smallest absolute Gasteiger partial charge is 0.381 e. The van der Waals surface area contributed by atoms with Gasteiger partial charge >= 0.3 is 6.18 Å². The molecule has 1 aromatic rings. The fourth-order valence-corrected chi connectivity index (χ4v) is 4.89. The molecule has 0 aromatic heterocycles. The highest BCUT2D eigenvalue weighted by atomic mass is 32.2. The van der Waals surface area contributed by atoms with Crippen LogP contribution in [0.25, 0.3) is 5.57 Å². The fraction of sp³-hybridized carbons (Fsp3) is 0.500. The van der Waals surface area contributed by atoms with E-state index in [-0.39, 0.29) is 22.1 Å². The summed E-state index contributed by atoms with van der Waals surface area (Å²) >= 11 is 0. The predicted octanol–water partition coefficient (Wildman–Crippen LogP) is 3.27. The lowest BCUT2D eigenvalue weighted by Gasteiger charge is -2.30. The summed E-state index contributed by atoms with van der Waals surface area (Å²) in [6.45, 7) is 1.80. The van der Waals surface area contributed by atoms with Gasteiger partial charge in [-0.2, -0.15) is 13.2 Å². The Hall–Kier alpha value is -1.54. The van der Waals surface area contributed by atoms with Gasteiger partial charge in [0, 0.05) is 11.4 Å². The van der Waals surface area contributed by atoms with Crippen LogP contribution in [-0.4, -0.2) is 45.7 Å². The summed E-state index contributed by atoms with van der Waals surface area (Å²) in [6, 6.07) is 4.78. The molecule has 132 valence electrons. The normalized spacial score (nSPS) is 21.4. The zero-order chi connectivity index (χ0) is 17.5. The lowest BCUT2D eigenvalue weighted by Crippen LogP contribution is -2.36. The van der Waals surface area contributed by atoms with Gasteiger partial charge in [-0.1, -0.05) is 12.1 Å². The van der Waals surface area contributed by atoms with E-state index in [0.29, 0.717) is 5.69 Å². The van der Waals surface area contributed by atoms with Crippen molar-refractivity contribution in [2.24, 2.45) is 0 Å². The van der Waals surface area contributed by atoms with Crippen molar-refractivity contribution in [3.63, 3.8) is 0 Å². The number of likely N-dealkylation sites (tertiary alicyclic amines) is 1. The minimum absolute atomic E-state index is 0.0248. The minimum atomic E-state index is -4.44. The highest BCUT2D eigenvalue weighted by Crippen LogP contribution is 2.43. The quantitative estimate of drug-likeness (QED) is 0.899. The Bertz CT molecular complexity index is 764. The third-order valence-corrected chi connectivity index (χ3v) is 6.02. The van der Waals surface area contributed by atoms with Crippen molar-refractivity contribution in [3.05, 3.63) is 29.2 Å². The van der Waals surface area contributed by atoms with E-state index in [4.69, 9.17) is 0 Å². The standard InChI is InChI=1S/C16H19F3N2O2S/c1-21-7-5-12(6-8-21)20-14-4-2-3-13-11(9-16(17,18)19)10-24(22,23)15(13)14/h2-4,10,12,20H,5-9H2,1H3. The topological polar surface area (TPSA) is 49.4 Å². The van der Waals surface area contributed by atoms with E-state index < -0.39 is 22.4 Å². The number of sulfone groups is 1. The molecule has 2 aliphatic heterocycles. The van der Waals surface area contributed by atoms with E-state index in [9.17, 15) is 21.6 Å². The molecule has 0 amide bonds. The first-order chi connectivity index (χ1) is 11.2. The van der Waals surface area contributed by atoms with Crippen molar-refractivity contribution in [3.8, 4) is 0 Å². The summed E-state index contributed by atoms with van der Waals surface area (Å²) in [4.78, 5) is 2.16. The van der Waals surface area contributed by atoms with E-state index in [2.05, 4.69) is 10.2 Å². The summed E-state index contributed by atoms with van der Waals surface area (Å²) in [6.07, 6.45) is -3.95. The lowest BCUT2D eigenvalue weighted by molar-refractivity contribution is -0.122. The molecule has 0 bridgehead atoms. The predicted molar refractivity (Wildman–Crippen MR) is 86.4 cm³/mol. The molecular weight excluding hydrogens is 341 g/mol. The first kappa shape index (κ1) is 17.3. The van der Waals surface area contributed by atoms with Crippen molar-refractivity contribution in [2.75, 3.05) is 25.5 Å². The van der Waals surface area contributed by atoms with Crippen LogP contribution >= 0.6 is 0 Å². The van der Waals surface area contributed by atoms with Gasteiger partial charge in [-0.05, 0) is 50.2 Å². The van der Waals surface area contributed by atoms with Crippen LogP contribution < -0.4 is 5.32 Å². The van der Waals surface area contributed by atoms with Crippen LogP contribution in [-0.2, 0) is 9.84 Å². The maximum Gasteiger partial charge on any atom is 0.393 e. The summed E-state index contributed by atoms with van der Waals surface area (Å²) in [7, 11) is -1.83. The van der Waals surface area contributed by atoms with Crippen molar-refractivity contribution in [2.45, 2.75) is 36.4 Å². The van der Waals surface area contributed by atoms with Crippen molar-refractivity contribution >= 4 is 21.1 Å². The van der Waals surface area contributed by atoms with Gasteiger partial charge in [0.05, 0.1) is 12.1 Å². The molecule has 0 saturated carbocycles. The van der Waals surface area contributed by atoms with Crippen LogP contribution in [0.3, 0.4) is 0 Å². The molecule has 1 N–H and O–H groups in total. The van der Waals surface area contributed by atoms with Crippen LogP contribution in [0.4, 0.5) is 18.9 Å². The van der Waals surface area contributed by atoms with Gasteiger partial charge in [-0.25, -0.2) is 8.42 Å². The first-order valence-electron chi connectivity index (χ1n) is 7.76. The largest absolute Gasteiger partial charge is 0.393 e. The number of nitrogens with zero attached hydrogens (tertiary/aromatic N) is 1. The molecule has 0 unspecified atom stereocenters. The number of rotatable bonds is 3. The number of halogens is 3. The zero-order valence-corrected chi connectivity index (χ0v) is 14.0. The summed E-state index contributed by atoms with van der Waals surface area (Å²) in [5, 5.41) is 3.98. The third-order valence-electron chi connectivity index (χ3n) is 4.41. The SMILES string of the molecule is CN1CCC(Nc2cccc3c2S(=O)(=O)C=C3CC(F)(F)F)CC1. The van der Waals surface area contributed by atoms with Crippen LogP contribution in [0.1, 0.15) is 24.8 Å². The second-order valence-electron chi connectivity index (χ2n) is 6.38. The van der Waals surface area contributed by atoms with Crippen LogP contribution in [0.2, 0.25) is 0 Å². The van der Waals surface area contributed by atoms with E-state index in [1.54, 1.807) is 12.1 Å². The molecule has 1 saturated heterocycles. The number of anilines is 1. The molecule has 0 atom stereocenters. The van der Waals surface area contributed by atoms with Gasteiger partial charge in [-0.3, -0.25) is 0 Å². The van der Waals surface area contributed by atoms with Crippen LogP contribution in [0.15, 0.2) is 28.5 Å². The third kappa shape index (κ3) is 3.59. The van der Waals surface area contributed by atoms with E-state index in [1.807, 2.05) is 7.05 Å². The number of benzene rings is 1. The number of nitrogens with one attached hydrogen (secondary N) is 1. The Balaban J connectivity index is 1.91. The average Bonchev–Trinajstić information content (AvgIpc) is 2.71. The molecule has 3 rings (SSSR count). The number of hydrogen-bond donors (Lipinski definition) is 1.